The summed E-state index contributed by atoms with van der Waals surface area (Å²) in [6, 6.07) is 6.67. The van der Waals surface area contributed by atoms with Crippen LogP contribution in [-0.2, 0) is 4.74 Å². The molecule has 0 fully saturated rings. The Bertz CT molecular complexity index is 1040. The number of aromatic nitrogens is 1. The van der Waals surface area contributed by atoms with Crippen molar-refractivity contribution in [2.24, 2.45) is 0 Å². The van der Waals surface area contributed by atoms with Crippen LogP contribution in [0, 0.1) is 20.8 Å². The zero-order valence-electron chi connectivity index (χ0n) is 15.0. The van der Waals surface area contributed by atoms with Crippen LogP contribution < -0.4 is 11.1 Å². The molecule has 0 radical (unpaired) electrons. The molecule has 3 aromatic rings. The number of nitrogens with two attached hydrogens (primary N) is 1. The molecule has 6 nitrogen and oxygen atoms in total. The Kier molecular flexibility index (Phi) is 4.65. The Labute approximate surface area is 155 Å². The van der Waals surface area contributed by atoms with E-state index in [0.29, 0.717) is 16.3 Å². The zero-order valence-corrected chi connectivity index (χ0v) is 15.8. The molecule has 0 spiro atoms. The van der Waals surface area contributed by atoms with Gasteiger partial charge in [-0.05, 0) is 44.0 Å². The molecule has 0 bridgehead atoms. The second-order valence-corrected chi connectivity index (χ2v) is 6.96. The van der Waals surface area contributed by atoms with Crippen LogP contribution in [0.5, 0.6) is 0 Å². The van der Waals surface area contributed by atoms with Crippen molar-refractivity contribution >= 4 is 44.8 Å². The van der Waals surface area contributed by atoms with Crippen LogP contribution in [0.2, 0.25) is 0 Å². The van der Waals surface area contributed by atoms with Crippen molar-refractivity contribution in [3.63, 3.8) is 0 Å². The summed E-state index contributed by atoms with van der Waals surface area (Å²) in [6.45, 7) is 5.90. The van der Waals surface area contributed by atoms with E-state index >= 15 is 0 Å². The van der Waals surface area contributed by atoms with Gasteiger partial charge in [0.05, 0.1) is 24.0 Å². The third kappa shape index (κ3) is 2.90. The number of carbonyl (C=O) groups is 2. The van der Waals surface area contributed by atoms with E-state index in [1.807, 2.05) is 20.8 Å². The van der Waals surface area contributed by atoms with Crippen molar-refractivity contribution in [3.05, 3.63) is 51.5 Å². The molecule has 7 heteroatoms. The molecule has 134 valence electrons. The largest absolute Gasteiger partial charge is 0.465 e. The summed E-state index contributed by atoms with van der Waals surface area (Å²) >= 11 is 1.24. The Hall–Kier alpha value is -2.93. The average Bonchev–Trinajstić information content (AvgIpc) is 2.96. The molecule has 2 heterocycles. The number of methoxy groups -OCH3 is 1. The third-order valence-electron chi connectivity index (χ3n) is 4.46. The van der Waals surface area contributed by atoms with Gasteiger partial charge in [-0.2, -0.15) is 0 Å². The van der Waals surface area contributed by atoms with E-state index in [1.54, 1.807) is 24.3 Å². The number of nitrogen functional groups attached to an aromatic ring is 1. The average molecular weight is 369 g/mol. The highest BCUT2D eigenvalue weighted by Crippen LogP contribution is 2.37. The zero-order chi connectivity index (χ0) is 19.0. The van der Waals surface area contributed by atoms with Gasteiger partial charge in [-0.3, -0.25) is 4.79 Å². The number of nitrogens with one attached hydrogen (secondary N) is 1. The quantitative estimate of drug-likeness (QED) is 0.684. The predicted octanol–water partition coefficient (Wildman–Crippen LogP) is 3.84. The number of thiophene rings is 1. The van der Waals surface area contributed by atoms with Crippen LogP contribution in [-0.4, -0.2) is 24.0 Å². The molecule has 26 heavy (non-hydrogen) atoms. The third-order valence-corrected chi connectivity index (χ3v) is 5.56. The number of rotatable bonds is 3. The first-order valence-corrected chi connectivity index (χ1v) is 8.81. The van der Waals surface area contributed by atoms with Gasteiger partial charge in [-0.25, -0.2) is 9.78 Å². The van der Waals surface area contributed by atoms with Gasteiger partial charge in [0, 0.05) is 11.1 Å². The Morgan fingerprint density at radius 3 is 2.54 bits per heavy atom. The number of hydrogen-bond donors (Lipinski definition) is 2. The monoisotopic (exact) mass is 369 g/mol. The Morgan fingerprint density at radius 1 is 1.15 bits per heavy atom. The first-order chi connectivity index (χ1) is 12.3. The number of para-hydroxylation sites is 1. The van der Waals surface area contributed by atoms with E-state index in [1.165, 1.54) is 18.4 Å². The molecular weight excluding hydrogens is 350 g/mol. The van der Waals surface area contributed by atoms with Gasteiger partial charge < -0.3 is 15.8 Å². The van der Waals surface area contributed by atoms with Gasteiger partial charge in [-0.1, -0.05) is 12.1 Å². The minimum absolute atomic E-state index is 0.282. The maximum absolute atomic E-state index is 12.8. The molecule has 0 unspecified atom stereocenters. The highest BCUT2D eigenvalue weighted by atomic mass is 32.1. The lowest BCUT2D eigenvalue weighted by Crippen LogP contribution is -2.15. The summed E-state index contributed by atoms with van der Waals surface area (Å²) in [5.41, 5.74) is 10.3. The molecule has 3 N–H and O–H groups in total. The Balaban J connectivity index is 2.04. The van der Waals surface area contributed by atoms with Crippen LogP contribution >= 0.6 is 11.3 Å². The SMILES string of the molecule is COC(=O)c1ccccc1NC(=O)c1sc2nc(C)c(C)c(C)c2c1N. The number of anilines is 2. The number of esters is 1. The van der Waals surface area contributed by atoms with Gasteiger partial charge in [0.15, 0.2) is 0 Å². The molecule has 1 amide bonds. The maximum Gasteiger partial charge on any atom is 0.339 e. The van der Waals surface area contributed by atoms with Gasteiger partial charge in [-0.15, -0.1) is 11.3 Å². The van der Waals surface area contributed by atoms with Crippen molar-refractivity contribution in [2.75, 3.05) is 18.2 Å². The molecule has 0 atom stereocenters. The first-order valence-electron chi connectivity index (χ1n) is 7.99. The minimum atomic E-state index is -0.519. The van der Waals surface area contributed by atoms with E-state index in [2.05, 4.69) is 10.3 Å². The molecule has 0 saturated carbocycles. The predicted molar refractivity (Wildman–Crippen MR) is 104 cm³/mol. The molecule has 0 aliphatic carbocycles. The minimum Gasteiger partial charge on any atom is -0.465 e. The highest BCUT2D eigenvalue weighted by Gasteiger charge is 2.22. The van der Waals surface area contributed by atoms with Crippen LogP contribution in [0.15, 0.2) is 24.3 Å². The molecule has 2 aromatic heterocycles. The van der Waals surface area contributed by atoms with Gasteiger partial charge >= 0.3 is 5.97 Å². The fraction of sp³-hybridized carbons (Fsp3) is 0.211. The second-order valence-electron chi connectivity index (χ2n) is 5.96. The highest BCUT2D eigenvalue weighted by molar-refractivity contribution is 7.21. The summed E-state index contributed by atoms with van der Waals surface area (Å²) in [5.74, 6) is -0.898. The van der Waals surface area contributed by atoms with Crippen LogP contribution in [0.25, 0.3) is 10.2 Å². The molecule has 1 aromatic carbocycles. The fourth-order valence-electron chi connectivity index (χ4n) is 2.80. The van der Waals surface area contributed by atoms with Gasteiger partial charge in [0.25, 0.3) is 5.91 Å². The molecular formula is C19H19N3O3S. The van der Waals surface area contributed by atoms with E-state index in [-0.39, 0.29) is 11.5 Å². The van der Waals surface area contributed by atoms with Crippen molar-refractivity contribution in [3.8, 4) is 0 Å². The van der Waals surface area contributed by atoms with Crippen LogP contribution in [0.4, 0.5) is 11.4 Å². The van der Waals surface area contributed by atoms with Crippen LogP contribution in [0.3, 0.4) is 0 Å². The topological polar surface area (TPSA) is 94.3 Å². The number of benzene rings is 1. The van der Waals surface area contributed by atoms with E-state index in [0.717, 1.165) is 27.0 Å². The van der Waals surface area contributed by atoms with Gasteiger partial charge in [0.2, 0.25) is 0 Å². The number of ether oxygens (including phenoxy) is 1. The van der Waals surface area contributed by atoms with Crippen molar-refractivity contribution in [2.45, 2.75) is 20.8 Å². The van der Waals surface area contributed by atoms with Crippen molar-refractivity contribution < 1.29 is 14.3 Å². The van der Waals surface area contributed by atoms with Crippen LogP contribution in [0.1, 0.15) is 36.9 Å². The van der Waals surface area contributed by atoms with E-state index in [4.69, 9.17) is 10.5 Å². The van der Waals surface area contributed by atoms with Crippen molar-refractivity contribution in [1.29, 1.82) is 0 Å². The number of carbonyl (C=O) groups excluding carboxylic acids is 2. The molecule has 3 rings (SSSR count). The van der Waals surface area contributed by atoms with Crippen molar-refractivity contribution in [1.82, 2.24) is 4.98 Å². The number of aryl methyl sites for hydroxylation is 2. The number of nitrogens with zero attached hydrogens (tertiary/aromatic N) is 1. The molecule has 0 aliphatic heterocycles. The summed E-state index contributed by atoms with van der Waals surface area (Å²) in [7, 11) is 1.30. The molecule has 0 aliphatic rings. The van der Waals surface area contributed by atoms with E-state index < -0.39 is 5.97 Å². The smallest absolute Gasteiger partial charge is 0.339 e. The second kappa shape index (κ2) is 6.76. The van der Waals surface area contributed by atoms with E-state index in [9.17, 15) is 9.59 Å². The van der Waals surface area contributed by atoms with Gasteiger partial charge in [0.1, 0.15) is 9.71 Å². The number of amides is 1. The number of fused-ring (bicyclic) bond motifs is 1. The summed E-state index contributed by atoms with van der Waals surface area (Å²) in [6.07, 6.45) is 0. The summed E-state index contributed by atoms with van der Waals surface area (Å²) < 4.78 is 4.76. The Morgan fingerprint density at radius 2 is 1.85 bits per heavy atom. The fourth-order valence-corrected chi connectivity index (χ4v) is 3.89. The lowest BCUT2D eigenvalue weighted by atomic mass is 10.1. The summed E-state index contributed by atoms with van der Waals surface area (Å²) in [4.78, 5) is 30.3. The number of pyridine rings is 1. The first kappa shape index (κ1) is 17.9. The number of hydrogen-bond acceptors (Lipinski definition) is 6. The molecule has 0 saturated heterocycles. The standard InChI is InChI=1S/C19H19N3O3S/c1-9-10(2)14-15(20)16(26-18(14)21-11(9)3)17(23)22-13-8-6-5-7-12(13)19(24)25-4/h5-8H,20H2,1-4H3,(H,22,23). The lowest BCUT2D eigenvalue weighted by Gasteiger charge is -2.09. The maximum atomic E-state index is 12.8. The normalized spacial score (nSPS) is 10.8. The lowest BCUT2D eigenvalue weighted by molar-refractivity contribution is 0.0602. The summed E-state index contributed by atoms with van der Waals surface area (Å²) in [5, 5.41) is 3.57.